The Morgan fingerprint density at radius 1 is 1.33 bits per heavy atom. The van der Waals surface area contributed by atoms with Crippen molar-refractivity contribution in [2.45, 2.75) is 6.04 Å². The molecule has 1 aromatic heterocycles. The van der Waals surface area contributed by atoms with E-state index in [9.17, 15) is 9.18 Å². The number of amides is 1. The Morgan fingerprint density at radius 3 is 3.00 bits per heavy atom. The summed E-state index contributed by atoms with van der Waals surface area (Å²) in [6, 6.07) is 9.56. The average molecular weight is 285 g/mol. The van der Waals surface area contributed by atoms with E-state index in [1.807, 2.05) is 12.1 Å². The molecule has 2 heterocycles. The highest BCUT2D eigenvalue weighted by Gasteiger charge is 2.28. The summed E-state index contributed by atoms with van der Waals surface area (Å²) in [7, 11) is 0. The van der Waals surface area contributed by atoms with E-state index < -0.39 is 5.82 Å². The minimum atomic E-state index is -0.395. The molecule has 0 spiro atoms. The van der Waals surface area contributed by atoms with Gasteiger partial charge in [0, 0.05) is 37.6 Å². The lowest BCUT2D eigenvalue weighted by atomic mass is 10.0. The molecule has 1 aromatic carbocycles. The number of piperazine rings is 1. The minimum Gasteiger partial charge on any atom is -0.329 e. The van der Waals surface area contributed by atoms with Gasteiger partial charge >= 0.3 is 0 Å². The predicted octanol–water partition coefficient (Wildman–Crippen LogP) is 2.01. The fourth-order valence-corrected chi connectivity index (χ4v) is 2.61. The molecule has 108 valence electrons. The smallest absolute Gasteiger partial charge is 0.254 e. The molecule has 1 unspecified atom stereocenters. The Labute approximate surface area is 122 Å². The number of nitrogens with one attached hydrogen (secondary N) is 1. The number of aromatic nitrogens is 1. The van der Waals surface area contributed by atoms with Crippen molar-refractivity contribution in [3.63, 3.8) is 0 Å². The van der Waals surface area contributed by atoms with Crippen molar-refractivity contribution in [1.29, 1.82) is 0 Å². The molecule has 0 saturated carbocycles. The van der Waals surface area contributed by atoms with Crippen molar-refractivity contribution in [3.05, 3.63) is 65.7 Å². The van der Waals surface area contributed by atoms with E-state index in [2.05, 4.69) is 10.3 Å². The van der Waals surface area contributed by atoms with Crippen molar-refractivity contribution in [2.75, 3.05) is 19.6 Å². The van der Waals surface area contributed by atoms with Crippen molar-refractivity contribution < 1.29 is 9.18 Å². The third-order valence-electron chi connectivity index (χ3n) is 3.65. The number of benzene rings is 1. The van der Waals surface area contributed by atoms with E-state index >= 15 is 0 Å². The Bertz CT molecular complexity index is 632. The van der Waals surface area contributed by atoms with Gasteiger partial charge in [0.05, 0.1) is 6.04 Å². The first-order chi connectivity index (χ1) is 10.3. The summed E-state index contributed by atoms with van der Waals surface area (Å²) < 4.78 is 13.3. The Morgan fingerprint density at radius 2 is 2.24 bits per heavy atom. The van der Waals surface area contributed by atoms with Gasteiger partial charge in [0.1, 0.15) is 5.82 Å². The van der Waals surface area contributed by atoms with Crippen LogP contribution >= 0.6 is 0 Å². The topological polar surface area (TPSA) is 45.2 Å². The Balaban J connectivity index is 1.89. The van der Waals surface area contributed by atoms with Gasteiger partial charge in [0.15, 0.2) is 0 Å². The van der Waals surface area contributed by atoms with Crippen LogP contribution in [0.1, 0.15) is 22.0 Å². The summed E-state index contributed by atoms with van der Waals surface area (Å²) in [4.78, 5) is 18.5. The van der Waals surface area contributed by atoms with E-state index in [0.29, 0.717) is 18.7 Å². The van der Waals surface area contributed by atoms with Crippen LogP contribution in [0.2, 0.25) is 0 Å². The first kappa shape index (κ1) is 13.7. The summed E-state index contributed by atoms with van der Waals surface area (Å²) in [5, 5.41) is 3.29. The normalized spacial score (nSPS) is 18.5. The van der Waals surface area contributed by atoms with Gasteiger partial charge in [-0.3, -0.25) is 9.78 Å². The number of halogens is 1. The second-order valence-corrected chi connectivity index (χ2v) is 5.02. The van der Waals surface area contributed by atoms with Gasteiger partial charge in [-0.15, -0.1) is 0 Å². The maximum absolute atomic E-state index is 13.3. The van der Waals surface area contributed by atoms with Gasteiger partial charge < -0.3 is 10.2 Å². The zero-order valence-electron chi connectivity index (χ0n) is 11.5. The van der Waals surface area contributed by atoms with Crippen LogP contribution in [0, 0.1) is 5.82 Å². The molecule has 0 radical (unpaired) electrons. The monoisotopic (exact) mass is 285 g/mol. The van der Waals surface area contributed by atoms with E-state index in [1.54, 1.807) is 29.4 Å². The average Bonchev–Trinajstić information content (AvgIpc) is 2.55. The van der Waals surface area contributed by atoms with Crippen LogP contribution in [0.25, 0.3) is 0 Å². The summed E-state index contributed by atoms with van der Waals surface area (Å²) in [5.74, 6) is -0.543. The first-order valence-electron chi connectivity index (χ1n) is 6.93. The fraction of sp³-hybridized carbons (Fsp3) is 0.250. The summed E-state index contributed by atoms with van der Waals surface area (Å²) in [5.41, 5.74) is 1.36. The number of rotatable bonds is 2. The molecule has 3 rings (SSSR count). The van der Waals surface area contributed by atoms with Crippen LogP contribution in [0.15, 0.2) is 48.8 Å². The third kappa shape index (κ3) is 2.92. The third-order valence-corrected chi connectivity index (χ3v) is 3.65. The molecule has 1 atom stereocenters. The SMILES string of the molecule is O=C(c1cccc(F)c1)N1CCNCC1c1cccnc1. The van der Waals surface area contributed by atoms with E-state index in [1.165, 1.54) is 12.1 Å². The molecule has 0 bridgehead atoms. The molecule has 4 nitrogen and oxygen atoms in total. The maximum atomic E-state index is 13.3. The van der Waals surface area contributed by atoms with Crippen molar-refractivity contribution in [3.8, 4) is 0 Å². The number of pyridine rings is 1. The summed E-state index contributed by atoms with van der Waals surface area (Å²) in [6.07, 6.45) is 3.47. The number of hydrogen-bond donors (Lipinski definition) is 1. The van der Waals surface area contributed by atoms with Crippen LogP contribution < -0.4 is 5.32 Å². The van der Waals surface area contributed by atoms with Gasteiger partial charge in [0.25, 0.3) is 5.91 Å². The van der Waals surface area contributed by atoms with Gasteiger partial charge in [-0.1, -0.05) is 12.1 Å². The number of carbonyl (C=O) groups is 1. The highest BCUT2D eigenvalue weighted by molar-refractivity contribution is 5.94. The van der Waals surface area contributed by atoms with Crippen LogP contribution in [0.5, 0.6) is 0 Å². The van der Waals surface area contributed by atoms with Gasteiger partial charge in [-0.25, -0.2) is 4.39 Å². The first-order valence-corrected chi connectivity index (χ1v) is 6.93. The molecule has 1 amide bonds. The van der Waals surface area contributed by atoms with Crippen molar-refractivity contribution in [1.82, 2.24) is 15.2 Å². The maximum Gasteiger partial charge on any atom is 0.254 e. The van der Waals surface area contributed by atoms with Crippen LogP contribution in [-0.2, 0) is 0 Å². The summed E-state index contributed by atoms with van der Waals surface area (Å²) in [6.45, 7) is 2.00. The van der Waals surface area contributed by atoms with Gasteiger partial charge in [-0.05, 0) is 29.8 Å². The van der Waals surface area contributed by atoms with E-state index in [0.717, 1.165) is 12.1 Å². The van der Waals surface area contributed by atoms with Crippen LogP contribution in [-0.4, -0.2) is 35.4 Å². The Kier molecular flexibility index (Phi) is 3.92. The highest BCUT2D eigenvalue weighted by atomic mass is 19.1. The van der Waals surface area contributed by atoms with Gasteiger partial charge in [0.2, 0.25) is 0 Å². The second kappa shape index (κ2) is 6.01. The molecule has 1 saturated heterocycles. The number of nitrogens with zero attached hydrogens (tertiary/aromatic N) is 2. The molecule has 1 N–H and O–H groups in total. The van der Waals surface area contributed by atoms with Crippen molar-refractivity contribution >= 4 is 5.91 Å². The van der Waals surface area contributed by atoms with E-state index in [-0.39, 0.29) is 11.9 Å². The standard InChI is InChI=1S/C16H16FN3O/c17-14-5-1-3-12(9-14)16(21)20-8-7-19-11-15(20)13-4-2-6-18-10-13/h1-6,9-10,15,19H,7-8,11H2. The second-order valence-electron chi connectivity index (χ2n) is 5.02. The molecule has 0 aliphatic carbocycles. The molecular weight excluding hydrogens is 269 g/mol. The lowest BCUT2D eigenvalue weighted by molar-refractivity contribution is 0.0633. The zero-order valence-corrected chi connectivity index (χ0v) is 11.5. The van der Waals surface area contributed by atoms with Gasteiger partial charge in [-0.2, -0.15) is 0 Å². The molecule has 5 heteroatoms. The summed E-state index contributed by atoms with van der Waals surface area (Å²) >= 11 is 0. The molecule has 2 aromatic rings. The lowest BCUT2D eigenvalue weighted by Gasteiger charge is -2.36. The molecule has 1 aliphatic heterocycles. The van der Waals surface area contributed by atoms with Crippen LogP contribution in [0.4, 0.5) is 4.39 Å². The van der Waals surface area contributed by atoms with Crippen LogP contribution in [0.3, 0.4) is 0 Å². The number of carbonyl (C=O) groups excluding carboxylic acids is 1. The fourth-order valence-electron chi connectivity index (χ4n) is 2.61. The largest absolute Gasteiger partial charge is 0.329 e. The number of hydrogen-bond acceptors (Lipinski definition) is 3. The zero-order chi connectivity index (χ0) is 14.7. The molecule has 1 aliphatic rings. The molecular formula is C16H16FN3O. The van der Waals surface area contributed by atoms with E-state index in [4.69, 9.17) is 0 Å². The lowest BCUT2D eigenvalue weighted by Crippen LogP contribution is -2.48. The predicted molar refractivity (Wildman–Crippen MR) is 77.3 cm³/mol. The minimum absolute atomic E-state index is 0.0804. The molecule has 21 heavy (non-hydrogen) atoms. The highest BCUT2D eigenvalue weighted by Crippen LogP contribution is 2.23. The molecule has 1 fully saturated rings. The quantitative estimate of drug-likeness (QED) is 0.918. The Hall–Kier alpha value is -2.27. The van der Waals surface area contributed by atoms with Crippen molar-refractivity contribution in [2.24, 2.45) is 0 Å².